The molecule has 1 aromatic carbocycles. The molecule has 2 aromatic rings. The summed E-state index contributed by atoms with van der Waals surface area (Å²) < 4.78 is 26.9. The van der Waals surface area contributed by atoms with Gasteiger partial charge in [-0.3, -0.25) is 9.89 Å². The van der Waals surface area contributed by atoms with Crippen LogP contribution in [0.25, 0.3) is 0 Å². The normalized spacial score (nSPS) is 20.1. The van der Waals surface area contributed by atoms with Crippen LogP contribution in [0.4, 0.5) is 8.78 Å². The lowest BCUT2D eigenvalue weighted by Gasteiger charge is -2.33. The minimum Gasteiger partial charge on any atom is -0.338 e. The predicted molar refractivity (Wildman–Crippen MR) is 98.6 cm³/mol. The summed E-state index contributed by atoms with van der Waals surface area (Å²) in [4.78, 5) is 15.0. The van der Waals surface area contributed by atoms with Gasteiger partial charge in [0, 0.05) is 30.8 Å². The smallest absolute Gasteiger partial charge is 0.257 e. The monoisotopic (exact) mass is 373 g/mol. The maximum Gasteiger partial charge on any atom is 0.257 e. The molecular formula is C21H25F2N3O. The molecule has 4 nitrogen and oxygen atoms in total. The Morgan fingerprint density at radius 2 is 2.11 bits per heavy atom. The molecule has 0 bridgehead atoms. The number of hydrogen-bond acceptors (Lipinski definition) is 2. The highest BCUT2D eigenvalue weighted by Gasteiger charge is 2.34. The molecule has 2 aliphatic rings. The number of carbonyl (C=O) groups excluding carboxylic acids is 1. The number of H-pyrrole nitrogens is 1. The Labute approximate surface area is 158 Å². The van der Waals surface area contributed by atoms with Gasteiger partial charge in [0.1, 0.15) is 11.6 Å². The highest BCUT2D eigenvalue weighted by Crippen LogP contribution is 2.41. The van der Waals surface area contributed by atoms with E-state index in [2.05, 4.69) is 10.2 Å². The number of benzene rings is 1. The number of piperidine rings is 1. The number of amides is 1. The number of hydrogen-bond donors (Lipinski definition) is 1. The number of aryl methyl sites for hydroxylation is 2. The van der Waals surface area contributed by atoms with Gasteiger partial charge in [-0.15, -0.1) is 0 Å². The predicted octanol–water partition coefficient (Wildman–Crippen LogP) is 4.36. The van der Waals surface area contributed by atoms with E-state index in [4.69, 9.17) is 0 Å². The van der Waals surface area contributed by atoms with Crippen LogP contribution in [0.15, 0.2) is 18.2 Å². The first-order chi connectivity index (χ1) is 13.0. The van der Waals surface area contributed by atoms with Gasteiger partial charge in [0.25, 0.3) is 5.91 Å². The van der Waals surface area contributed by atoms with Gasteiger partial charge in [0.05, 0.1) is 11.3 Å². The fourth-order valence-corrected chi connectivity index (χ4v) is 4.10. The Hall–Kier alpha value is -2.24. The van der Waals surface area contributed by atoms with E-state index >= 15 is 0 Å². The van der Waals surface area contributed by atoms with Crippen LogP contribution in [0.1, 0.15) is 65.3 Å². The van der Waals surface area contributed by atoms with E-state index in [0.29, 0.717) is 30.4 Å². The van der Waals surface area contributed by atoms with Gasteiger partial charge in [0.15, 0.2) is 0 Å². The topological polar surface area (TPSA) is 49.0 Å². The SMILES string of the molecule is Cc1[nH]nc(C2CC2)c1C(=O)N1CCC[C@H](CCc2ccc(F)cc2F)C1. The summed E-state index contributed by atoms with van der Waals surface area (Å²) in [7, 11) is 0. The summed E-state index contributed by atoms with van der Waals surface area (Å²) >= 11 is 0. The zero-order chi connectivity index (χ0) is 19.0. The molecule has 6 heteroatoms. The Balaban J connectivity index is 1.40. The molecule has 1 aliphatic carbocycles. The Bertz CT molecular complexity index is 844. The van der Waals surface area contributed by atoms with E-state index in [9.17, 15) is 13.6 Å². The van der Waals surface area contributed by atoms with E-state index in [1.807, 2.05) is 11.8 Å². The number of likely N-dealkylation sites (tertiary alicyclic amines) is 1. The van der Waals surface area contributed by atoms with Crippen molar-refractivity contribution in [1.29, 1.82) is 0 Å². The van der Waals surface area contributed by atoms with Crippen molar-refractivity contribution in [3.63, 3.8) is 0 Å². The molecule has 1 saturated carbocycles. The van der Waals surface area contributed by atoms with Crippen LogP contribution in [0.5, 0.6) is 0 Å². The zero-order valence-corrected chi connectivity index (χ0v) is 15.6. The molecular weight excluding hydrogens is 348 g/mol. The van der Waals surface area contributed by atoms with Gasteiger partial charge in [0.2, 0.25) is 0 Å². The molecule has 0 unspecified atom stereocenters. The lowest BCUT2D eigenvalue weighted by atomic mass is 9.91. The van der Waals surface area contributed by atoms with Gasteiger partial charge in [-0.05, 0) is 63.0 Å². The summed E-state index contributed by atoms with van der Waals surface area (Å²) in [5, 5.41) is 7.34. The second-order valence-corrected chi connectivity index (χ2v) is 7.92. The Kier molecular flexibility index (Phi) is 4.98. The maximum atomic E-state index is 13.9. The number of nitrogens with zero attached hydrogens (tertiary/aromatic N) is 2. The maximum absolute atomic E-state index is 13.9. The minimum absolute atomic E-state index is 0.0702. The summed E-state index contributed by atoms with van der Waals surface area (Å²) in [6.07, 6.45) is 5.57. The first-order valence-electron chi connectivity index (χ1n) is 9.81. The quantitative estimate of drug-likeness (QED) is 0.847. The van der Waals surface area contributed by atoms with E-state index in [1.165, 1.54) is 12.1 Å². The molecule has 144 valence electrons. The Morgan fingerprint density at radius 3 is 2.85 bits per heavy atom. The lowest BCUT2D eigenvalue weighted by Crippen LogP contribution is -2.40. The third kappa shape index (κ3) is 3.89. The van der Waals surface area contributed by atoms with Gasteiger partial charge in [-0.2, -0.15) is 5.10 Å². The van der Waals surface area contributed by atoms with Crippen LogP contribution in [-0.2, 0) is 6.42 Å². The Morgan fingerprint density at radius 1 is 1.30 bits per heavy atom. The fourth-order valence-electron chi connectivity index (χ4n) is 4.10. The second-order valence-electron chi connectivity index (χ2n) is 7.92. The van der Waals surface area contributed by atoms with Gasteiger partial charge in [-0.25, -0.2) is 8.78 Å². The number of halogens is 2. The summed E-state index contributed by atoms with van der Waals surface area (Å²) in [6.45, 7) is 3.36. The van der Waals surface area contributed by atoms with Gasteiger partial charge < -0.3 is 4.90 Å². The molecule has 2 fully saturated rings. The molecule has 1 amide bonds. The highest BCUT2D eigenvalue weighted by atomic mass is 19.1. The van der Waals surface area contributed by atoms with Crippen molar-refractivity contribution in [1.82, 2.24) is 15.1 Å². The van der Waals surface area contributed by atoms with Crippen molar-refractivity contribution < 1.29 is 13.6 Å². The molecule has 1 atom stereocenters. The second kappa shape index (κ2) is 7.41. The van der Waals surface area contributed by atoms with Crippen LogP contribution in [0, 0.1) is 24.5 Å². The number of carbonyl (C=O) groups is 1. The third-order valence-electron chi connectivity index (χ3n) is 5.80. The van der Waals surface area contributed by atoms with Crippen LogP contribution < -0.4 is 0 Å². The van der Waals surface area contributed by atoms with E-state index in [-0.39, 0.29) is 5.91 Å². The largest absolute Gasteiger partial charge is 0.338 e. The lowest BCUT2D eigenvalue weighted by molar-refractivity contribution is 0.0666. The zero-order valence-electron chi connectivity index (χ0n) is 15.6. The van der Waals surface area contributed by atoms with Gasteiger partial charge in [-0.1, -0.05) is 6.07 Å². The minimum atomic E-state index is -0.548. The first-order valence-corrected chi connectivity index (χ1v) is 9.81. The molecule has 27 heavy (non-hydrogen) atoms. The summed E-state index contributed by atoms with van der Waals surface area (Å²) in [5.41, 5.74) is 3.06. The van der Waals surface area contributed by atoms with Crippen molar-refractivity contribution >= 4 is 5.91 Å². The van der Waals surface area contributed by atoms with E-state index < -0.39 is 11.6 Å². The molecule has 0 spiro atoms. The van der Waals surface area contributed by atoms with Gasteiger partial charge >= 0.3 is 0 Å². The van der Waals surface area contributed by atoms with Crippen LogP contribution in [0.3, 0.4) is 0 Å². The van der Waals surface area contributed by atoms with Crippen LogP contribution in [0.2, 0.25) is 0 Å². The standard InChI is InChI=1S/C21H25F2N3O/c1-13-19(20(25-24-13)16-6-7-16)21(27)26-10-2-3-14(12-26)4-5-15-8-9-17(22)11-18(15)23/h8-9,11,14,16H,2-7,10,12H2,1H3,(H,24,25)/t14-/m1/s1. The third-order valence-corrected chi connectivity index (χ3v) is 5.80. The van der Waals surface area contributed by atoms with Crippen molar-refractivity contribution in [3.8, 4) is 0 Å². The molecule has 1 aromatic heterocycles. The van der Waals surface area contributed by atoms with Crippen LogP contribution in [-0.4, -0.2) is 34.1 Å². The average Bonchev–Trinajstić information content (AvgIpc) is 3.43. The molecule has 2 heterocycles. The fraction of sp³-hybridized carbons (Fsp3) is 0.524. The number of rotatable bonds is 5. The van der Waals surface area contributed by atoms with Crippen molar-refractivity contribution in [2.75, 3.05) is 13.1 Å². The first kappa shape index (κ1) is 18.1. The summed E-state index contributed by atoms with van der Waals surface area (Å²) in [6, 6.07) is 3.76. The molecule has 0 radical (unpaired) electrons. The molecule has 1 aliphatic heterocycles. The number of aromatic nitrogens is 2. The summed E-state index contributed by atoms with van der Waals surface area (Å²) in [5.74, 6) is -0.199. The molecule has 1 saturated heterocycles. The van der Waals surface area contributed by atoms with Crippen molar-refractivity contribution in [2.45, 2.75) is 51.4 Å². The van der Waals surface area contributed by atoms with E-state index in [0.717, 1.165) is 61.7 Å². The number of aromatic amines is 1. The van der Waals surface area contributed by atoms with E-state index in [1.54, 1.807) is 0 Å². The van der Waals surface area contributed by atoms with Crippen molar-refractivity contribution in [3.05, 3.63) is 52.3 Å². The highest BCUT2D eigenvalue weighted by molar-refractivity contribution is 5.96. The van der Waals surface area contributed by atoms with Crippen LogP contribution >= 0.6 is 0 Å². The molecule has 4 rings (SSSR count). The molecule has 1 N–H and O–H groups in total. The van der Waals surface area contributed by atoms with Crippen molar-refractivity contribution in [2.24, 2.45) is 5.92 Å². The average molecular weight is 373 g/mol. The number of nitrogens with one attached hydrogen (secondary N) is 1.